The molecule has 2 aliphatic rings. The summed E-state index contributed by atoms with van der Waals surface area (Å²) in [6, 6.07) is 3.77. The summed E-state index contributed by atoms with van der Waals surface area (Å²) in [5.74, 6) is -1.17. The highest BCUT2D eigenvalue weighted by Crippen LogP contribution is 2.21. The summed E-state index contributed by atoms with van der Waals surface area (Å²) in [6.07, 6.45) is -0.328. The van der Waals surface area contributed by atoms with E-state index in [-0.39, 0.29) is 12.1 Å². The number of nitrogens with zero attached hydrogens (tertiary/aromatic N) is 4. The molecule has 0 aliphatic carbocycles. The lowest BCUT2D eigenvalue weighted by Gasteiger charge is -2.38. The van der Waals surface area contributed by atoms with Crippen LogP contribution in [0, 0.1) is 11.6 Å². The van der Waals surface area contributed by atoms with Gasteiger partial charge in [0.1, 0.15) is 18.2 Å². The number of amides is 1. The van der Waals surface area contributed by atoms with Crippen molar-refractivity contribution in [3.63, 3.8) is 0 Å². The summed E-state index contributed by atoms with van der Waals surface area (Å²) >= 11 is 0. The second-order valence-electron chi connectivity index (χ2n) is 7.04. The van der Waals surface area contributed by atoms with Crippen LogP contribution in [0.4, 0.5) is 19.3 Å². The maximum Gasteiger partial charge on any atom is 0.409 e. The molecule has 1 amide bonds. The smallest absolute Gasteiger partial charge is 0.409 e. The Morgan fingerprint density at radius 2 is 1.85 bits per heavy atom. The summed E-state index contributed by atoms with van der Waals surface area (Å²) in [5, 5.41) is 0. The standard InChI is InChI=1S/C18H26F2N4O2/c1-21-5-6-22(2)15(12-21)13-26-18(25)24-9-7-23(8-10-24)17-4-3-14(19)11-16(17)20/h3-4,11,15H,5-10,12-13H2,1-2H3/t15-/m0/s1. The molecule has 0 radical (unpaired) electrons. The van der Waals surface area contributed by atoms with Crippen LogP contribution < -0.4 is 4.90 Å². The lowest BCUT2D eigenvalue weighted by molar-refractivity contribution is 0.0396. The Morgan fingerprint density at radius 1 is 1.12 bits per heavy atom. The Labute approximate surface area is 152 Å². The van der Waals surface area contributed by atoms with E-state index >= 15 is 0 Å². The predicted octanol–water partition coefficient (Wildman–Crippen LogP) is 1.47. The summed E-state index contributed by atoms with van der Waals surface area (Å²) < 4.78 is 32.4. The number of piperazine rings is 2. The SMILES string of the molecule is CN1CCN(C)[C@H](COC(=O)N2CCN(c3ccc(F)cc3F)CC2)C1. The van der Waals surface area contributed by atoms with Gasteiger partial charge in [-0.05, 0) is 26.2 Å². The number of carbonyl (C=O) groups is 1. The number of likely N-dealkylation sites (N-methyl/N-ethyl adjacent to an activating group) is 2. The second-order valence-corrected chi connectivity index (χ2v) is 7.04. The molecule has 0 unspecified atom stereocenters. The zero-order valence-corrected chi connectivity index (χ0v) is 15.3. The highest BCUT2D eigenvalue weighted by Gasteiger charge is 2.27. The molecule has 1 atom stereocenters. The van der Waals surface area contributed by atoms with Gasteiger partial charge in [0.05, 0.1) is 11.7 Å². The fourth-order valence-corrected chi connectivity index (χ4v) is 3.41. The first-order chi connectivity index (χ1) is 12.4. The number of anilines is 1. The molecule has 2 aliphatic heterocycles. The van der Waals surface area contributed by atoms with Crippen LogP contribution in [0.3, 0.4) is 0 Å². The van der Waals surface area contributed by atoms with E-state index < -0.39 is 11.6 Å². The van der Waals surface area contributed by atoms with Crippen molar-refractivity contribution in [2.75, 3.05) is 71.4 Å². The lowest BCUT2D eigenvalue weighted by Crippen LogP contribution is -2.53. The first-order valence-electron chi connectivity index (χ1n) is 8.94. The molecule has 2 saturated heterocycles. The molecule has 2 heterocycles. The number of hydrogen-bond acceptors (Lipinski definition) is 5. The van der Waals surface area contributed by atoms with Crippen molar-refractivity contribution in [1.29, 1.82) is 0 Å². The molecule has 6 nitrogen and oxygen atoms in total. The minimum Gasteiger partial charge on any atom is -0.448 e. The Morgan fingerprint density at radius 3 is 2.54 bits per heavy atom. The first-order valence-corrected chi connectivity index (χ1v) is 8.94. The van der Waals surface area contributed by atoms with Gasteiger partial charge in [-0.2, -0.15) is 0 Å². The third kappa shape index (κ3) is 4.42. The van der Waals surface area contributed by atoms with Crippen molar-refractivity contribution in [1.82, 2.24) is 14.7 Å². The molecule has 0 aromatic heterocycles. The van der Waals surface area contributed by atoms with Crippen LogP contribution in [0.15, 0.2) is 18.2 Å². The van der Waals surface area contributed by atoms with Gasteiger partial charge in [-0.15, -0.1) is 0 Å². The highest BCUT2D eigenvalue weighted by molar-refractivity contribution is 5.68. The van der Waals surface area contributed by atoms with Gasteiger partial charge in [-0.1, -0.05) is 0 Å². The Hall–Kier alpha value is -1.93. The zero-order valence-electron chi connectivity index (χ0n) is 15.3. The molecule has 144 valence electrons. The van der Waals surface area contributed by atoms with Crippen LogP contribution in [-0.4, -0.2) is 93.4 Å². The minimum atomic E-state index is -0.591. The van der Waals surface area contributed by atoms with E-state index in [4.69, 9.17) is 4.74 Å². The molecular weight excluding hydrogens is 342 g/mol. The normalized spacial score (nSPS) is 22.5. The van der Waals surface area contributed by atoms with Crippen LogP contribution in [-0.2, 0) is 4.74 Å². The molecule has 2 fully saturated rings. The summed E-state index contributed by atoms with van der Waals surface area (Å²) in [7, 11) is 4.11. The van der Waals surface area contributed by atoms with E-state index in [1.807, 2.05) is 11.9 Å². The van der Waals surface area contributed by atoms with Crippen molar-refractivity contribution >= 4 is 11.8 Å². The van der Waals surface area contributed by atoms with Crippen LogP contribution in [0.5, 0.6) is 0 Å². The average Bonchev–Trinajstić information content (AvgIpc) is 2.62. The fraction of sp³-hybridized carbons (Fsp3) is 0.611. The monoisotopic (exact) mass is 368 g/mol. The van der Waals surface area contributed by atoms with Crippen LogP contribution in [0.1, 0.15) is 0 Å². The first kappa shape index (κ1) is 18.8. The number of benzene rings is 1. The van der Waals surface area contributed by atoms with E-state index in [1.54, 1.807) is 4.90 Å². The van der Waals surface area contributed by atoms with Crippen LogP contribution >= 0.6 is 0 Å². The van der Waals surface area contributed by atoms with Gasteiger partial charge >= 0.3 is 6.09 Å². The van der Waals surface area contributed by atoms with Crippen molar-refractivity contribution in [3.05, 3.63) is 29.8 Å². The van der Waals surface area contributed by atoms with Gasteiger partial charge < -0.3 is 19.4 Å². The molecule has 1 aromatic carbocycles. The van der Waals surface area contributed by atoms with Crippen LogP contribution in [0.2, 0.25) is 0 Å². The third-order valence-corrected chi connectivity index (χ3v) is 5.17. The Balaban J connectivity index is 1.47. The van der Waals surface area contributed by atoms with Gasteiger partial charge in [0.15, 0.2) is 0 Å². The Bertz CT molecular complexity index is 638. The maximum absolute atomic E-state index is 13.9. The number of halogens is 2. The topological polar surface area (TPSA) is 39.3 Å². The van der Waals surface area contributed by atoms with E-state index in [1.165, 1.54) is 12.1 Å². The van der Waals surface area contributed by atoms with Crippen molar-refractivity contribution < 1.29 is 18.3 Å². The Kier molecular flexibility index (Phi) is 5.93. The molecule has 0 spiro atoms. The quantitative estimate of drug-likeness (QED) is 0.808. The molecule has 0 N–H and O–H groups in total. The van der Waals surface area contributed by atoms with Crippen molar-refractivity contribution in [2.45, 2.75) is 6.04 Å². The number of hydrogen-bond donors (Lipinski definition) is 0. The van der Waals surface area contributed by atoms with Crippen molar-refractivity contribution in [2.24, 2.45) is 0 Å². The summed E-state index contributed by atoms with van der Waals surface area (Å²) in [5.41, 5.74) is 0.367. The van der Waals surface area contributed by atoms with E-state index in [2.05, 4.69) is 16.8 Å². The zero-order chi connectivity index (χ0) is 18.7. The molecule has 8 heteroatoms. The lowest BCUT2D eigenvalue weighted by atomic mass is 10.2. The molecule has 0 bridgehead atoms. The molecular formula is C18H26F2N4O2. The van der Waals surface area contributed by atoms with E-state index in [0.29, 0.717) is 38.5 Å². The van der Waals surface area contributed by atoms with E-state index in [0.717, 1.165) is 25.7 Å². The molecule has 0 saturated carbocycles. The fourth-order valence-electron chi connectivity index (χ4n) is 3.41. The van der Waals surface area contributed by atoms with Gasteiger partial charge in [0.25, 0.3) is 0 Å². The predicted molar refractivity (Wildman–Crippen MR) is 95.4 cm³/mol. The van der Waals surface area contributed by atoms with Gasteiger partial charge in [0.2, 0.25) is 0 Å². The molecule has 1 aromatic rings. The summed E-state index contributed by atoms with van der Waals surface area (Å²) in [4.78, 5) is 20.2. The highest BCUT2D eigenvalue weighted by atomic mass is 19.1. The van der Waals surface area contributed by atoms with Gasteiger partial charge in [0, 0.05) is 51.9 Å². The maximum atomic E-state index is 13.9. The average molecular weight is 368 g/mol. The van der Waals surface area contributed by atoms with Gasteiger partial charge in [-0.3, -0.25) is 4.90 Å². The summed E-state index contributed by atoms with van der Waals surface area (Å²) in [6.45, 7) is 5.11. The van der Waals surface area contributed by atoms with Crippen LogP contribution in [0.25, 0.3) is 0 Å². The van der Waals surface area contributed by atoms with E-state index in [9.17, 15) is 13.6 Å². The minimum absolute atomic E-state index is 0.201. The third-order valence-electron chi connectivity index (χ3n) is 5.17. The largest absolute Gasteiger partial charge is 0.448 e. The number of carbonyl (C=O) groups excluding carboxylic acids is 1. The number of ether oxygens (including phenoxy) is 1. The van der Waals surface area contributed by atoms with Gasteiger partial charge in [-0.25, -0.2) is 13.6 Å². The molecule has 26 heavy (non-hydrogen) atoms. The second kappa shape index (κ2) is 8.18. The van der Waals surface area contributed by atoms with Crippen molar-refractivity contribution in [3.8, 4) is 0 Å². The number of rotatable bonds is 3. The molecule has 3 rings (SSSR count).